The lowest BCUT2D eigenvalue weighted by molar-refractivity contribution is -0.129. The summed E-state index contributed by atoms with van der Waals surface area (Å²) in [5, 5.41) is 25.7. The predicted octanol–water partition coefficient (Wildman–Crippen LogP) is 8.25. The Hall–Kier alpha value is -4.72. The van der Waals surface area contributed by atoms with E-state index in [-0.39, 0.29) is 42.2 Å². The number of aryl methyl sites for hydroxylation is 2. The first kappa shape index (κ1) is 32.8. The highest BCUT2D eigenvalue weighted by Crippen LogP contribution is 2.46. The van der Waals surface area contributed by atoms with E-state index in [1.54, 1.807) is 12.1 Å². The molecule has 49 heavy (non-hydrogen) atoms. The summed E-state index contributed by atoms with van der Waals surface area (Å²) in [6, 6.07) is 16.9. The molecule has 256 valence electrons. The molecule has 1 saturated carbocycles. The average Bonchev–Trinajstić information content (AvgIpc) is 3.88. The lowest BCUT2D eigenvalue weighted by atomic mass is 9.69. The first-order chi connectivity index (χ1) is 23.9. The van der Waals surface area contributed by atoms with Crippen molar-refractivity contribution in [3.63, 3.8) is 0 Å². The number of ether oxygens (including phenoxy) is 1. The maximum Gasteiger partial charge on any atom is 0.161 e. The van der Waals surface area contributed by atoms with E-state index in [1.165, 1.54) is 5.56 Å². The van der Waals surface area contributed by atoms with Crippen LogP contribution in [0.2, 0.25) is 0 Å². The quantitative estimate of drug-likeness (QED) is 0.0980. The Bertz CT molecular complexity index is 1800. The number of hydrogen-bond donors (Lipinski definition) is 3. The molecule has 0 amide bonds. The van der Waals surface area contributed by atoms with Crippen LogP contribution in [-0.2, 0) is 28.9 Å². The Morgan fingerprint density at radius 2 is 1.82 bits per heavy atom. The Balaban J connectivity index is 1.07. The molecule has 2 heterocycles. The molecule has 0 bridgehead atoms. The number of carbonyl (C=O) groups is 2. The number of aromatic hydroxyl groups is 2. The molecule has 3 N–H and O–H groups in total. The minimum Gasteiger partial charge on any atom is -0.664 e. The van der Waals surface area contributed by atoms with Gasteiger partial charge in [-0.3, -0.25) is 9.59 Å². The van der Waals surface area contributed by atoms with Crippen molar-refractivity contribution in [2.45, 2.75) is 89.1 Å². The van der Waals surface area contributed by atoms with Crippen LogP contribution in [-0.4, -0.2) is 39.4 Å². The summed E-state index contributed by atoms with van der Waals surface area (Å²) >= 11 is 0. The molecule has 0 spiro atoms. The van der Waals surface area contributed by atoms with Crippen LogP contribution in [0.15, 0.2) is 72.6 Å². The maximum atomic E-state index is 14.3. The highest BCUT2D eigenvalue weighted by atomic mass is 16.5. The van der Waals surface area contributed by atoms with Crippen LogP contribution in [0.25, 0.3) is 11.4 Å². The third-order valence-electron chi connectivity index (χ3n) is 10.8. The SMILES string of the molecule is O=C(CCc1ccc(O)c(OC2CCCC2)c1)CC(=O)C1C(C[N-]c2ccc[nH]2)=Cc2[n-]ccc2C1CC1CCc2cccc(O)c2CC1. The van der Waals surface area contributed by atoms with E-state index in [2.05, 4.69) is 16.0 Å². The van der Waals surface area contributed by atoms with E-state index < -0.39 is 5.92 Å². The molecule has 3 aliphatic carbocycles. The van der Waals surface area contributed by atoms with Crippen molar-refractivity contribution in [1.82, 2.24) is 9.97 Å². The van der Waals surface area contributed by atoms with Gasteiger partial charge >= 0.3 is 0 Å². The number of phenols is 2. The van der Waals surface area contributed by atoms with Gasteiger partial charge < -0.3 is 30.2 Å². The van der Waals surface area contributed by atoms with E-state index in [1.807, 2.05) is 54.9 Å². The number of fused-ring (bicyclic) bond motifs is 2. The monoisotopic (exact) mass is 659 g/mol. The van der Waals surface area contributed by atoms with Crippen molar-refractivity contribution in [2.75, 3.05) is 6.54 Å². The lowest BCUT2D eigenvalue weighted by Gasteiger charge is -2.37. The summed E-state index contributed by atoms with van der Waals surface area (Å²) in [5.74, 6) is 1.29. The molecule has 3 aliphatic rings. The summed E-state index contributed by atoms with van der Waals surface area (Å²) in [7, 11) is 0. The van der Waals surface area contributed by atoms with Crippen molar-refractivity contribution in [3.05, 3.63) is 106 Å². The van der Waals surface area contributed by atoms with Gasteiger partial charge in [-0.1, -0.05) is 65.6 Å². The molecule has 0 aliphatic heterocycles. The number of ketones is 2. The zero-order valence-corrected chi connectivity index (χ0v) is 27.9. The minimum absolute atomic E-state index is 0.0692. The first-order valence-corrected chi connectivity index (χ1v) is 17.9. The highest BCUT2D eigenvalue weighted by molar-refractivity contribution is 6.02. The molecule has 3 atom stereocenters. The van der Waals surface area contributed by atoms with Gasteiger partial charge in [-0.15, -0.1) is 5.69 Å². The zero-order valence-electron chi connectivity index (χ0n) is 27.9. The molecule has 8 nitrogen and oxygen atoms in total. The molecule has 2 aromatic carbocycles. The smallest absolute Gasteiger partial charge is 0.161 e. The van der Waals surface area contributed by atoms with Gasteiger partial charge in [-0.25, -0.2) is 0 Å². The van der Waals surface area contributed by atoms with E-state index in [0.29, 0.717) is 30.4 Å². The fraction of sp³-hybridized carbons (Fsp3) is 0.415. The van der Waals surface area contributed by atoms with Crippen LogP contribution in [0.5, 0.6) is 17.2 Å². The van der Waals surface area contributed by atoms with E-state index >= 15 is 0 Å². The Morgan fingerprint density at radius 3 is 2.65 bits per heavy atom. The Labute approximate surface area is 288 Å². The van der Waals surface area contributed by atoms with Crippen molar-refractivity contribution < 1.29 is 24.5 Å². The Kier molecular flexibility index (Phi) is 9.92. The summed E-state index contributed by atoms with van der Waals surface area (Å²) in [4.78, 5) is 35.6. The third-order valence-corrected chi connectivity index (χ3v) is 10.8. The second kappa shape index (κ2) is 14.8. The molecule has 0 saturated heterocycles. The standard InChI is InChI=1S/C41H45N3O5/c45-30(15-11-27-13-17-37(47)39(22-27)49-31-6-1-2-7-31)24-38(48)41-29(25-44-40-9-4-19-43-40)23-35-33(18-20-42-35)34(41)21-26-10-14-28-5-3-8-36(46)32(28)16-12-26/h3-5,8-9,13,17-20,22-23,26,31,34,41,43,46-47H,1-2,6-7,10-12,14-16,21,24-25H2/q-2. The summed E-state index contributed by atoms with van der Waals surface area (Å²) in [6.45, 7) is 0.342. The fourth-order valence-corrected chi connectivity index (χ4v) is 8.19. The number of rotatable bonds is 13. The van der Waals surface area contributed by atoms with E-state index in [9.17, 15) is 19.8 Å². The van der Waals surface area contributed by atoms with Gasteiger partial charge in [0.05, 0.1) is 12.5 Å². The topological polar surface area (TPSA) is 128 Å². The van der Waals surface area contributed by atoms with Gasteiger partial charge in [-0.2, -0.15) is 6.20 Å². The molecule has 3 unspecified atom stereocenters. The van der Waals surface area contributed by atoms with Crippen LogP contribution in [0.3, 0.4) is 0 Å². The highest BCUT2D eigenvalue weighted by Gasteiger charge is 2.37. The summed E-state index contributed by atoms with van der Waals surface area (Å²) in [5.41, 5.74) is 5.99. The third kappa shape index (κ3) is 7.64. The van der Waals surface area contributed by atoms with Gasteiger partial charge in [0.25, 0.3) is 0 Å². The van der Waals surface area contributed by atoms with Crippen molar-refractivity contribution in [3.8, 4) is 17.2 Å². The van der Waals surface area contributed by atoms with Crippen LogP contribution in [0, 0.1) is 11.8 Å². The van der Waals surface area contributed by atoms with Crippen LogP contribution in [0.1, 0.15) is 91.7 Å². The number of aromatic nitrogens is 2. The number of aromatic amines is 1. The van der Waals surface area contributed by atoms with E-state index in [4.69, 9.17) is 10.1 Å². The zero-order chi connectivity index (χ0) is 33.7. The van der Waals surface area contributed by atoms with Crippen LogP contribution < -0.4 is 9.72 Å². The molecule has 1 fully saturated rings. The molecule has 7 rings (SSSR count). The largest absolute Gasteiger partial charge is 0.664 e. The van der Waals surface area contributed by atoms with Crippen molar-refractivity contribution >= 4 is 23.5 Å². The fourth-order valence-electron chi connectivity index (χ4n) is 8.19. The number of nitrogens with zero attached hydrogens (tertiary/aromatic N) is 2. The lowest BCUT2D eigenvalue weighted by Crippen LogP contribution is -2.31. The van der Waals surface area contributed by atoms with Crippen LogP contribution >= 0.6 is 0 Å². The van der Waals surface area contributed by atoms with Crippen molar-refractivity contribution in [2.24, 2.45) is 11.8 Å². The second-order valence-corrected chi connectivity index (χ2v) is 14.1. The number of hydrogen-bond acceptors (Lipinski definition) is 5. The van der Waals surface area contributed by atoms with Gasteiger partial charge in [0.15, 0.2) is 11.5 Å². The van der Waals surface area contributed by atoms with Gasteiger partial charge in [0.1, 0.15) is 17.3 Å². The number of nitrogens with one attached hydrogen (secondary N) is 1. The summed E-state index contributed by atoms with van der Waals surface area (Å²) < 4.78 is 6.06. The molecule has 4 aromatic rings. The van der Waals surface area contributed by atoms with E-state index in [0.717, 1.165) is 91.6 Å². The van der Waals surface area contributed by atoms with Crippen molar-refractivity contribution in [1.29, 1.82) is 0 Å². The number of benzene rings is 2. The number of phenolic OH excluding ortho intramolecular Hbond substituents is 2. The number of Topliss-reactive ketones (excluding diaryl/α,β-unsaturated/α-hetero) is 2. The normalized spacial score (nSPS) is 20.6. The van der Waals surface area contributed by atoms with Gasteiger partial charge in [0, 0.05) is 12.3 Å². The average molecular weight is 660 g/mol. The van der Waals surface area contributed by atoms with Gasteiger partial charge in [-0.05, 0) is 117 Å². The second-order valence-electron chi connectivity index (χ2n) is 14.1. The molecule has 0 radical (unpaired) electrons. The maximum absolute atomic E-state index is 14.3. The van der Waals surface area contributed by atoms with Crippen LogP contribution in [0.4, 0.5) is 5.82 Å². The predicted molar refractivity (Wildman–Crippen MR) is 189 cm³/mol. The summed E-state index contributed by atoms with van der Waals surface area (Å²) in [6.07, 6.45) is 15.0. The molecule has 8 heteroatoms. The number of carbonyl (C=O) groups excluding carboxylic acids is 2. The first-order valence-electron chi connectivity index (χ1n) is 17.9. The minimum atomic E-state index is -0.474. The molecular formula is C41H45N3O5-2. The van der Waals surface area contributed by atoms with Gasteiger partial charge in [0.2, 0.25) is 0 Å². The number of H-pyrrole nitrogens is 1. The Morgan fingerprint density at radius 1 is 0.959 bits per heavy atom. The molecule has 2 aromatic heterocycles. The molecular weight excluding hydrogens is 614 g/mol.